The summed E-state index contributed by atoms with van der Waals surface area (Å²) in [5, 5.41) is 1.83. The van der Waals surface area contributed by atoms with E-state index in [1.807, 2.05) is 24.3 Å². The van der Waals surface area contributed by atoms with Gasteiger partial charge in [0, 0.05) is 34.6 Å². The Bertz CT molecular complexity index is 398. The third-order valence-electron chi connectivity index (χ3n) is 1.81. The normalized spacial score (nSPS) is 8.62. The van der Waals surface area contributed by atoms with Crippen molar-refractivity contribution >= 4 is 31.9 Å². The van der Waals surface area contributed by atoms with Crippen LogP contribution in [0, 0.1) is 23.7 Å². The SMILES string of the molecule is BrCCC#Cc1ccccc1C#CCCBr. The second-order valence-electron chi connectivity index (χ2n) is 3.03. The molecule has 0 saturated carbocycles. The fourth-order valence-electron chi connectivity index (χ4n) is 1.11. The average molecular weight is 340 g/mol. The summed E-state index contributed by atoms with van der Waals surface area (Å²) in [7, 11) is 0. The highest BCUT2D eigenvalue weighted by Crippen LogP contribution is 2.05. The fraction of sp³-hybridized carbons (Fsp3) is 0.286. The molecule has 0 aromatic heterocycles. The third kappa shape index (κ3) is 4.88. The number of halogens is 2. The van der Waals surface area contributed by atoms with Gasteiger partial charge < -0.3 is 0 Å². The van der Waals surface area contributed by atoms with E-state index in [2.05, 4.69) is 55.5 Å². The lowest BCUT2D eigenvalue weighted by Crippen LogP contribution is -1.82. The summed E-state index contributed by atoms with van der Waals surface area (Å²) in [5.74, 6) is 12.5. The maximum atomic E-state index is 3.36. The largest absolute Gasteiger partial charge is 0.0970 e. The Morgan fingerprint density at radius 1 is 0.812 bits per heavy atom. The van der Waals surface area contributed by atoms with Crippen LogP contribution in [-0.4, -0.2) is 10.7 Å². The van der Waals surface area contributed by atoms with E-state index < -0.39 is 0 Å². The van der Waals surface area contributed by atoms with Crippen LogP contribution in [0.2, 0.25) is 0 Å². The molecule has 0 aliphatic heterocycles. The molecule has 0 nitrogen and oxygen atoms in total. The van der Waals surface area contributed by atoms with Gasteiger partial charge in [0.1, 0.15) is 0 Å². The molecule has 0 heterocycles. The van der Waals surface area contributed by atoms with Crippen molar-refractivity contribution in [3.05, 3.63) is 35.4 Å². The fourth-order valence-corrected chi connectivity index (χ4v) is 1.51. The predicted molar refractivity (Wildman–Crippen MR) is 77.0 cm³/mol. The zero-order chi connectivity index (χ0) is 11.6. The van der Waals surface area contributed by atoms with Gasteiger partial charge in [-0.2, -0.15) is 0 Å². The number of hydrogen-bond acceptors (Lipinski definition) is 0. The van der Waals surface area contributed by atoms with Crippen molar-refractivity contribution in [3.63, 3.8) is 0 Å². The number of alkyl halides is 2. The van der Waals surface area contributed by atoms with Crippen LogP contribution < -0.4 is 0 Å². The second kappa shape index (κ2) is 8.45. The molecule has 0 atom stereocenters. The summed E-state index contributed by atoms with van der Waals surface area (Å²) in [6.45, 7) is 0. The van der Waals surface area contributed by atoms with Crippen molar-refractivity contribution in [2.45, 2.75) is 12.8 Å². The standard InChI is InChI=1S/C14H12Br2/c15-11-5-3-9-13-7-1-2-8-14(13)10-4-6-12-16/h1-2,7-8H,5-6,11-12H2. The van der Waals surface area contributed by atoms with Gasteiger partial charge in [-0.3, -0.25) is 0 Å². The Hall–Kier alpha value is -0.700. The van der Waals surface area contributed by atoms with Crippen LogP contribution in [-0.2, 0) is 0 Å². The van der Waals surface area contributed by atoms with E-state index in [1.165, 1.54) is 0 Å². The first-order valence-electron chi connectivity index (χ1n) is 5.07. The van der Waals surface area contributed by atoms with Crippen LogP contribution in [0.25, 0.3) is 0 Å². The lowest BCUT2D eigenvalue weighted by atomic mass is 10.1. The summed E-state index contributed by atoms with van der Waals surface area (Å²) >= 11 is 6.71. The zero-order valence-electron chi connectivity index (χ0n) is 8.89. The Labute approximate surface area is 114 Å². The van der Waals surface area contributed by atoms with Crippen molar-refractivity contribution < 1.29 is 0 Å². The van der Waals surface area contributed by atoms with Crippen LogP contribution in [0.4, 0.5) is 0 Å². The molecule has 1 rings (SSSR count). The molecule has 0 bridgehead atoms. The van der Waals surface area contributed by atoms with E-state index in [-0.39, 0.29) is 0 Å². The quantitative estimate of drug-likeness (QED) is 0.565. The van der Waals surface area contributed by atoms with E-state index in [4.69, 9.17) is 0 Å². The monoisotopic (exact) mass is 338 g/mol. The summed E-state index contributed by atoms with van der Waals surface area (Å²) < 4.78 is 0. The first kappa shape index (κ1) is 13.4. The van der Waals surface area contributed by atoms with E-state index in [0.717, 1.165) is 34.6 Å². The lowest BCUT2D eigenvalue weighted by molar-refractivity contribution is 1.31. The highest BCUT2D eigenvalue weighted by atomic mass is 79.9. The maximum absolute atomic E-state index is 3.36. The van der Waals surface area contributed by atoms with Crippen LogP contribution in [0.3, 0.4) is 0 Å². The molecule has 0 amide bonds. The summed E-state index contributed by atoms with van der Waals surface area (Å²) in [4.78, 5) is 0. The molecule has 16 heavy (non-hydrogen) atoms. The highest BCUT2D eigenvalue weighted by Gasteiger charge is 1.93. The van der Waals surface area contributed by atoms with Gasteiger partial charge in [0.15, 0.2) is 0 Å². The van der Waals surface area contributed by atoms with Crippen LogP contribution in [0.15, 0.2) is 24.3 Å². The minimum absolute atomic E-state index is 0.864. The van der Waals surface area contributed by atoms with Gasteiger partial charge in [0.25, 0.3) is 0 Å². The molecule has 0 radical (unpaired) electrons. The van der Waals surface area contributed by atoms with E-state index in [9.17, 15) is 0 Å². The first-order valence-corrected chi connectivity index (χ1v) is 7.31. The molecule has 0 fully saturated rings. The third-order valence-corrected chi connectivity index (χ3v) is 2.61. The Morgan fingerprint density at radius 3 is 1.62 bits per heavy atom. The molecule has 82 valence electrons. The molecule has 0 spiro atoms. The van der Waals surface area contributed by atoms with Gasteiger partial charge in [0.2, 0.25) is 0 Å². The molecule has 0 aliphatic rings. The molecule has 0 aliphatic carbocycles. The van der Waals surface area contributed by atoms with Crippen molar-refractivity contribution in [1.82, 2.24) is 0 Å². The summed E-state index contributed by atoms with van der Waals surface area (Å²) in [6, 6.07) is 8.01. The Kier molecular flexibility index (Phi) is 7.06. The lowest BCUT2D eigenvalue weighted by Gasteiger charge is -1.94. The molecule has 2 heteroatoms. The predicted octanol–water partition coefficient (Wildman–Crippen LogP) is 3.96. The molecule has 0 saturated heterocycles. The van der Waals surface area contributed by atoms with E-state index in [0.29, 0.717) is 0 Å². The zero-order valence-corrected chi connectivity index (χ0v) is 12.1. The molecular weight excluding hydrogens is 328 g/mol. The van der Waals surface area contributed by atoms with Gasteiger partial charge in [-0.1, -0.05) is 67.7 Å². The van der Waals surface area contributed by atoms with E-state index in [1.54, 1.807) is 0 Å². The van der Waals surface area contributed by atoms with Gasteiger partial charge in [-0.05, 0) is 12.1 Å². The maximum Gasteiger partial charge on any atom is 0.0401 e. The molecule has 0 unspecified atom stereocenters. The molecular formula is C14H12Br2. The Morgan fingerprint density at radius 2 is 1.25 bits per heavy atom. The topological polar surface area (TPSA) is 0 Å². The Balaban J connectivity index is 2.86. The van der Waals surface area contributed by atoms with Crippen molar-refractivity contribution in [2.24, 2.45) is 0 Å². The number of rotatable bonds is 2. The van der Waals surface area contributed by atoms with Crippen molar-refractivity contribution in [2.75, 3.05) is 10.7 Å². The molecule has 1 aromatic carbocycles. The van der Waals surface area contributed by atoms with Gasteiger partial charge in [-0.15, -0.1) is 0 Å². The van der Waals surface area contributed by atoms with E-state index >= 15 is 0 Å². The smallest absolute Gasteiger partial charge is 0.0401 e. The minimum atomic E-state index is 0.864. The van der Waals surface area contributed by atoms with Crippen LogP contribution in [0.1, 0.15) is 24.0 Å². The molecule has 1 aromatic rings. The molecule has 0 N–H and O–H groups in total. The first-order chi connectivity index (χ1) is 7.88. The summed E-state index contributed by atoms with van der Waals surface area (Å²) in [5.41, 5.74) is 2.04. The number of benzene rings is 1. The van der Waals surface area contributed by atoms with Gasteiger partial charge in [0.05, 0.1) is 0 Å². The summed E-state index contributed by atoms with van der Waals surface area (Å²) in [6.07, 6.45) is 1.73. The highest BCUT2D eigenvalue weighted by molar-refractivity contribution is 9.09. The van der Waals surface area contributed by atoms with Gasteiger partial charge >= 0.3 is 0 Å². The van der Waals surface area contributed by atoms with Crippen LogP contribution in [0.5, 0.6) is 0 Å². The van der Waals surface area contributed by atoms with Crippen molar-refractivity contribution in [1.29, 1.82) is 0 Å². The number of hydrogen-bond donors (Lipinski definition) is 0. The minimum Gasteiger partial charge on any atom is -0.0970 e. The van der Waals surface area contributed by atoms with Crippen LogP contribution >= 0.6 is 31.9 Å². The van der Waals surface area contributed by atoms with Gasteiger partial charge in [-0.25, -0.2) is 0 Å². The van der Waals surface area contributed by atoms with Crippen molar-refractivity contribution in [3.8, 4) is 23.7 Å². The second-order valence-corrected chi connectivity index (χ2v) is 4.61. The average Bonchev–Trinajstić information content (AvgIpc) is 2.32.